The van der Waals surface area contributed by atoms with E-state index in [4.69, 9.17) is 17.3 Å². The predicted molar refractivity (Wildman–Crippen MR) is 72.9 cm³/mol. The number of nitrogens with two attached hydrogens (primary N) is 1. The fourth-order valence-electron chi connectivity index (χ4n) is 1.69. The maximum Gasteiger partial charge on any atom is 0.244 e. The van der Waals surface area contributed by atoms with E-state index < -0.39 is 48.1 Å². The Bertz CT molecular complexity index is 790. The molecule has 0 spiro atoms. The number of sulfone groups is 1. The van der Waals surface area contributed by atoms with Gasteiger partial charge in [-0.3, -0.25) is 0 Å². The highest BCUT2D eigenvalue weighted by molar-refractivity contribution is 7.94. The van der Waals surface area contributed by atoms with Crippen molar-refractivity contribution in [2.24, 2.45) is 0 Å². The summed E-state index contributed by atoms with van der Waals surface area (Å²) in [6.07, 6.45) is 1.18. The molecule has 0 amide bonds. The molecule has 110 valence electrons. The van der Waals surface area contributed by atoms with Crippen LogP contribution in [0.3, 0.4) is 0 Å². The first-order valence-corrected chi connectivity index (χ1v) is 8.86. The van der Waals surface area contributed by atoms with Gasteiger partial charge in [0.05, 0.1) is 17.5 Å². The molecule has 0 saturated carbocycles. The van der Waals surface area contributed by atoms with Crippen LogP contribution in [-0.2, 0) is 19.9 Å². The van der Waals surface area contributed by atoms with Crippen molar-refractivity contribution in [2.75, 3.05) is 11.5 Å². The maximum atomic E-state index is 13.8. The lowest BCUT2D eigenvalue weighted by molar-refractivity contribution is 0.555. The third-order valence-electron chi connectivity index (χ3n) is 2.56. The summed E-state index contributed by atoms with van der Waals surface area (Å²) >= 11 is 5.64. The summed E-state index contributed by atoms with van der Waals surface area (Å²) in [6, 6.07) is 1.03. The molecule has 1 atom stereocenters. The molecule has 2 rings (SSSR count). The van der Waals surface area contributed by atoms with E-state index in [1.807, 2.05) is 0 Å². The quantitative estimate of drug-likeness (QED) is 0.786. The van der Waals surface area contributed by atoms with Gasteiger partial charge in [-0.25, -0.2) is 25.9 Å². The number of nitrogen functional groups attached to an aromatic ring is 1. The second-order valence-corrected chi connectivity index (χ2v) is 8.24. The van der Waals surface area contributed by atoms with Crippen LogP contribution in [0.2, 0.25) is 5.02 Å². The minimum Gasteiger partial charge on any atom is -0.396 e. The predicted octanol–water partition coefficient (Wildman–Crippen LogP) is 0.650. The number of rotatable bonds is 3. The first kappa shape index (κ1) is 15.2. The summed E-state index contributed by atoms with van der Waals surface area (Å²) in [5, 5.41) is 0.863. The summed E-state index contributed by atoms with van der Waals surface area (Å²) in [5.74, 6) is -1.55. The molecular formula is C10H10ClFN2O4S2. The fraction of sp³-hybridized carbons (Fsp3) is 0.200. The number of nitrogens with one attached hydrogen (secondary N) is 1. The summed E-state index contributed by atoms with van der Waals surface area (Å²) in [4.78, 5) is -0.722. The van der Waals surface area contributed by atoms with Crippen LogP contribution >= 0.6 is 11.6 Å². The molecule has 1 aliphatic heterocycles. The Labute approximate surface area is 120 Å². The van der Waals surface area contributed by atoms with Gasteiger partial charge >= 0.3 is 0 Å². The molecule has 10 heteroatoms. The van der Waals surface area contributed by atoms with E-state index in [2.05, 4.69) is 4.72 Å². The molecule has 3 N–H and O–H groups in total. The minimum atomic E-state index is -4.27. The van der Waals surface area contributed by atoms with E-state index in [9.17, 15) is 21.2 Å². The van der Waals surface area contributed by atoms with Crippen molar-refractivity contribution in [3.05, 3.63) is 34.5 Å². The summed E-state index contributed by atoms with van der Waals surface area (Å²) in [7, 11) is -7.70. The van der Waals surface area contributed by atoms with Gasteiger partial charge in [-0.2, -0.15) is 0 Å². The molecule has 20 heavy (non-hydrogen) atoms. The average molecular weight is 341 g/mol. The molecule has 1 aliphatic rings. The van der Waals surface area contributed by atoms with Gasteiger partial charge in [0.25, 0.3) is 0 Å². The van der Waals surface area contributed by atoms with Crippen LogP contribution < -0.4 is 10.5 Å². The van der Waals surface area contributed by atoms with E-state index in [0.717, 1.165) is 17.5 Å². The van der Waals surface area contributed by atoms with E-state index in [1.54, 1.807) is 0 Å². The molecular weight excluding hydrogens is 331 g/mol. The Hall–Kier alpha value is -1.16. The van der Waals surface area contributed by atoms with Gasteiger partial charge in [-0.05, 0) is 12.1 Å². The van der Waals surface area contributed by atoms with Crippen molar-refractivity contribution >= 4 is 37.1 Å². The molecule has 1 aromatic rings. The number of benzene rings is 1. The second kappa shape index (κ2) is 4.99. The zero-order valence-electron chi connectivity index (χ0n) is 9.88. The lowest BCUT2D eigenvalue weighted by Gasteiger charge is -2.12. The van der Waals surface area contributed by atoms with Crippen LogP contribution in [0.1, 0.15) is 0 Å². The first-order chi connectivity index (χ1) is 9.11. The van der Waals surface area contributed by atoms with Crippen molar-refractivity contribution in [1.82, 2.24) is 4.72 Å². The minimum absolute atomic E-state index is 0.0427. The van der Waals surface area contributed by atoms with Gasteiger partial charge in [0, 0.05) is 10.4 Å². The van der Waals surface area contributed by atoms with Crippen LogP contribution in [0, 0.1) is 5.82 Å². The smallest absolute Gasteiger partial charge is 0.244 e. The van der Waals surface area contributed by atoms with Crippen LogP contribution in [0.5, 0.6) is 0 Å². The van der Waals surface area contributed by atoms with Crippen LogP contribution in [0.4, 0.5) is 10.1 Å². The number of halogens is 2. The molecule has 1 heterocycles. The van der Waals surface area contributed by atoms with Crippen molar-refractivity contribution in [2.45, 2.75) is 10.9 Å². The van der Waals surface area contributed by atoms with Crippen LogP contribution in [0.25, 0.3) is 0 Å². The molecule has 6 nitrogen and oxygen atoms in total. The summed E-state index contributed by atoms with van der Waals surface area (Å²) in [5.41, 5.74) is 4.90. The Morgan fingerprint density at radius 2 is 2.05 bits per heavy atom. The highest BCUT2D eigenvalue weighted by atomic mass is 35.5. The average Bonchev–Trinajstić information content (AvgIpc) is 2.62. The Morgan fingerprint density at radius 1 is 1.40 bits per heavy atom. The second-order valence-electron chi connectivity index (χ2n) is 4.19. The van der Waals surface area contributed by atoms with Crippen LogP contribution in [-0.4, -0.2) is 28.6 Å². The van der Waals surface area contributed by atoms with Gasteiger partial charge in [-0.15, -0.1) is 0 Å². The van der Waals surface area contributed by atoms with Gasteiger partial charge in [0.2, 0.25) is 10.0 Å². The van der Waals surface area contributed by atoms with Gasteiger partial charge in [0.1, 0.15) is 4.90 Å². The van der Waals surface area contributed by atoms with Crippen LogP contribution in [0.15, 0.2) is 28.5 Å². The standard InChI is InChI=1S/C10H10ClFN2O4S2/c11-6-3-8(13)10(12)9(4-6)20(17,18)14-7-1-2-19(15,16)5-7/h1-4,7,14H,5,13H2. The van der Waals surface area contributed by atoms with Gasteiger partial charge in [0.15, 0.2) is 15.7 Å². The molecule has 1 aromatic carbocycles. The van der Waals surface area contributed by atoms with Gasteiger partial charge in [-0.1, -0.05) is 17.7 Å². The van der Waals surface area contributed by atoms with E-state index >= 15 is 0 Å². The number of sulfonamides is 1. The molecule has 0 saturated heterocycles. The van der Waals surface area contributed by atoms with E-state index in [-0.39, 0.29) is 5.02 Å². The lowest BCUT2D eigenvalue weighted by Crippen LogP contribution is -2.36. The molecule has 0 aliphatic carbocycles. The molecule has 0 bridgehead atoms. The summed E-state index contributed by atoms with van der Waals surface area (Å²) in [6.45, 7) is 0. The fourth-order valence-corrected chi connectivity index (χ4v) is 4.65. The zero-order chi connectivity index (χ0) is 15.1. The van der Waals surface area contributed by atoms with Gasteiger partial charge < -0.3 is 5.73 Å². The normalized spacial score (nSPS) is 21.2. The third-order valence-corrected chi connectivity index (χ3v) is 5.66. The van der Waals surface area contributed by atoms with Crippen molar-refractivity contribution in [3.63, 3.8) is 0 Å². The van der Waals surface area contributed by atoms with Crippen molar-refractivity contribution < 1.29 is 21.2 Å². The molecule has 0 radical (unpaired) electrons. The highest BCUT2D eigenvalue weighted by Crippen LogP contribution is 2.25. The topological polar surface area (TPSA) is 106 Å². The Balaban J connectivity index is 2.35. The largest absolute Gasteiger partial charge is 0.396 e. The monoisotopic (exact) mass is 340 g/mol. The number of hydrogen-bond donors (Lipinski definition) is 2. The lowest BCUT2D eigenvalue weighted by atomic mass is 10.3. The first-order valence-electron chi connectivity index (χ1n) is 5.28. The Morgan fingerprint density at radius 3 is 2.60 bits per heavy atom. The van der Waals surface area contributed by atoms with E-state index in [0.29, 0.717) is 0 Å². The number of hydrogen-bond acceptors (Lipinski definition) is 5. The third kappa shape index (κ3) is 3.11. The summed E-state index contributed by atoms with van der Waals surface area (Å²) < 4.78 is 62.3. The SMILES string of the molecule is Nc1cc(Cl)cc(S(=O)(=O)NC2C=CS(=O)(=O)C2)c1F. The zero-order valence-corrected chi connectivity index (χ0v) is 12.3. The molecule has 0 aromatic heterocycles. The molecule has 1 unspecified atom stereocenters. The Kier molecular flexibility index (Phi) is 3.80. The molecule has 0 fully saturated rings. The van der Waals surface area contributed by atoms with E-state index in [1.165, 1.54) is 6.08 Å². The highest BCUT2D eigenvalue weighted by Gasteiger charge is 2.29. The number of anilines is 1. The maximum absolute atomic E-state index is 13.8. The van der Waals surface area contributed by atoms with Crippen molar-refractivity contribution in [3.8, 4) is 0 Å². The van der Waals surface area contributed by atoms with Crippen molar-refractivity contribution in [1.29, 1.82) is 0 Å².